The molecule has 2 atom stereocenters. The number of morpholine rings is 1. The third-order valence-corrected chi connectivity index (χ3v) is 7.43. The molecule has 0 bridgehead atoms. The zero-order valence-electron chi connectivity index (χ0n) is 17.8. The molecule has 1 aliphatic rings. The van der Waals surface area contributed by atoms with Crippen molar-refractivity contribution >= 4 is 21.2 Å². The summed E-state index contributed by atoms with van der Waals surface area (Å²) in [4.78, 5) is 2.37. The lowest BCUT2D eigenvalue weighted by molar-refractivity contribution is -0.00521. The minimum absolute atomic E-state index is 0.0958. The number of nitrogens with one attached hydrogen (secondary N) is 1. The predicted octanol–water partition coefficient (Wildman–Crippen LogP) is 4.24. The Morgan fingerprint density at radius 1 is 0.966 bits per heavy atom. The molecule has 0 spiro atoms. The van der Waals surface area contributed by atoms with E-state index >= 15 is 0 Å². The van der Waals surface area contributed by atoms with E-state index < -0.39 is 9.84 Å². The van der Waals surface area contributed by atoms with Crippen LogP contribution in [-0.4, -0.2) is 39.0 Å². The average Bonchev–Trinajstić information content (AvgIpc) is 2.67. The second-order valence-electron chi connectivity index (χ2n) is 8.24. The molecule has 6 heteroatoms. The van der Waals surface area contributed by atoms with Crippen molar-refractivity contribution < 1.29 is 13.2 Å². The quantitative estimate of drug-likeness (QED) is 0.732. The van der Waals surface area contributed by atoms with Gasteiger partial charge in [0.1, 0.15) is 0 Å². The molecular weight excluding hydrogens is 384 g/mol. The highest BCUT2D eigenvalue weighted by molar-refractivity contribution is 7.91. The first-order chi connectivity index (χ1) is 13.7. The topological polar surface area (TPSA) is 58.6 Å². The first kappa shape index (κ1) is 21.7. The van der Waals surface area contributed by atoms with E-state index in [-0.39, 0.29) is 23.2 Å². The summed E-state index contributed by atoms with van der Waals surface area (Å²) in [6.45, 7) is 10.2. The van der Waals surface area contributed by atoms with E-state index in [9.17, 15) is 8.42 Å². The molecule has 0 radical (unpaired) electrons. The van der Waals surface area contributed by atoms with Gasteiger partial charge < -0.3 is 15.0 Å². The summed E-state index contributed by atoms with van der Waals surface area (Å²) in [5, 5.41) is 3.08. The van der Waals surface area contributed by atoms with Gasteiger partial charge in [-0.05, 0) is 63.1 Å². The summed E-state index contributed by atoms with van der Waals surface area (Å²) in [5.41, 5.74) is 4.24. The molecule has 0 aromatic heterocycles. The minimum Gasteiger partial charge on any atom is -0.381 e. The standard InChI is InChI=1S/C23H32N2O3S/c1-17(2)29(26,27)16-21-7-5-20(6-8-21)13-24-22-9-11-23(12-10-22)25-14-18(3)28-19(4)15-25/h5-12,17-19,24H,13-16H2,1-4H3/t18-,19+. The van der Waals surface area contributed by atoms with Gasteiger partial charge in [0.05, 0.1) is 23.2 Å². The second kappa shape index (κ2) is 9.18. The molecular formula is C23H32N2O3S. The summed E-state index contributed by atoms with van der Waals surface area (Å²) < 4.78 is 29.9. The maximum atomic E-state index is 12.1. The van der Waals surface area contributed by atoms with Crippen molar-refractivity contribution in [3.63, 3.8) is 0 Å². The maximum Gasteiger partial charge on any atom is 0.156 e. The van der Waals surface area contributed by atoms with Crippen LogP contribution in [0.25, 0.3) is 0 Å². The van der Waals surface area contributed by atoms with Gasteiger partial charge in [-0.1, -0.05) is 24.3 Å². The molecule has 1 heterocycles. The van der Waals surface area contributed by atoms with Gasteiger partial charge in [0.2, 0.25) is 0 Å². The number of nitrogens with zero attached hydrogens (tertiary/aromatic N) is 1. The normalized spacial score (nSPS) is 20.1. The highest BCUT2D eigenvalue weighted by Gasteiger charge is 2.22. The summed E-state index contributed by atoms with van der Waals surface area (Å²) in [7, 11) is -3.07. The van der Waals surface area contributed by atoms with Gasteiger partial charge in [0.25, 0.3) is 0 Å². The van der Waals surface area contributed by atoms with E-state index in [1.807, 2.05) is 24.3 Å². The van der Waals surface area contributed by atoms with Crippen LogP contribution < -0.4 is 10.2 Å². The van der Waals surface area contributed by atoms with Gasteiger partial charge >= 0.3 is 0 Å². The Labute approximate surface area is 175 Å². The fourth-order valence-corrected chi connectivity index (χ4v) is 4.53. The van der Waals surface area contributed by atoms with E-state index in [1.54, 1.807) is 13.8 Å². The van der Waals surface area contributed by atoms with Crippen LogP contribution in [0.2, 0.25) is 0 Å². The number of sulfone groups is 1. The molecule has 2 aromatic carbocycles. The molecule has 1 fully saturated rings. The fraction of sp³-hybridized carbons (Fsp3) is 0.478. The minimum atomic E-state index is -3.07. The Kier molecular flexibility index (Phi) is 6.85. The Balaban J connectivity index is 1.55. The third-order valence-electron chi connectivity index (χ3n) is 5.26. The van der Waals surface area contributed by atoms with Crippen LogP contribution >= 0.6 is 0 Å². The van der Waals surface area contributed by atoms with Crippen LogP contribution in [0.15, 0.2) is 48.5 Å². The summed E-state index contributed by atoms with van der Waals surface area (Å²) in [5.74, 6) is 0.0958. The number of hydrogen-bond donors (Lipinski definition) is 1. The Bertz CT molecular complexity index is 883. The number of benzene rings is 2. The average molecular weight is 417 g/mol. The van der Waals surface area contributed by atoms with Crippen molar-refractivity contribution in [1.29, 1.82) is 0 Å². The largest absolute Gasteiger partial charge is 0.381 e. The van der Waals surface area contributed by atoms with Gasteiger partial charge in [-0.2, -0.15) is 0 Å². The Morgan fingerprint density at radius 2 is 1.52 bits per heavy atom. The zero-order chi connectivity index (χ0) is 21.0. The lowest BCUT2D eigenvalue weighted by Gasteiger charge is -2.36. The number of hydrogen-bond acceptors (Lipinski definition) is 5. The lowest BCUT2D eigenvalue weighted by Crippen LogP contribution is -2.45. The molecule has 0 saturated carbocycles. The first-order valence-electron chi connectivity index (χ1n) is 10.3. The third kappa shape index (κ3) is 5.97. The molecule has 3 rings (SSSR count). The smallest absolute Gasteiger partial charge is 0.156 e. The van der Waals surface area contributed by atoms with Crippen molar-refractivity contribution in [3.8, 4) is 0 Å². The van der Waals surface area contributed by atoms with Crippen molar-refractivity contribution in [2.75, 3.05) is 23.3 Å². The number of ether oxygens (including phenoxy) is 1. The van der Waals surface area contributed by atoms with Gasteiger partial charge in [-0.25, -0.2) is 8.42 Å². The number of anilines is 2. The van der Waals surface area contributed by atoms with Crippen LogP contribution in [0.3, 0.4) is 0 Å². The Morgan fingerprint density at radius 3 is 2.07 bits per heavy atom. The van der Waals surface area contributed by atoms with E-state index in [4.69, 9.17) is 4.74 Å². The van der Waals surface area contributed by atoms with Gasteiger partial charge in [0, 0.05) is 31.0 Å². The highest BCUT2D eigenvalue weighted by Crippen LogP contribution is 2.22. The molecule has 0 unspecified atom stereocenters. The fourth-order valence-electron chi connectivity index (χ4n) is 3.54. The molecule has 1 N–H and O–H groups in total. The van der Waals surface area contributed by atoms with E-state index in [2.05, 4.69) is 48.3 Å². The van der Waals surface area contributed by atoms with Crippen molar-refractivity contribution in [1.82, 2.24) is 0 Å². The van der Waals surface area contributed by atoms with Crippen LogP contribution in [0.1, 0.15) is 38.8 Å². The van der Waals surface area contributed by atoms with Crippen molar-refractivity contribution in [3.05, 3.63) is 59.7 Å². The molecule has 29 heavy (non-hydrogen) atoms. The molecule has 1 saturated heterocycles. The molecule has 158 valence electrons. The SMILES string of the molecule is CC(C)S(=O)(=O)Cc1ccc(CNc2ccc(N3C[C@@H](C)O[C@@H](C)C3)cc2)cc1. The molecule has 5 nitrogen and oxygen atoms in total. The predicted molar refractivity (Wildman–Crippen MR) is 120 cm³/mol. The van der Waals surface area contributed by atoms with Crippen LogP contribution in [0, 0.1) is 0 Å². The van der Waals surface area contributed by atoms with Crippen molar-refractivity contribution in [2.45, 2.75) is 57.5 Å². The van der Waals surface area contributed by atoms with E-state index in [0.717, 1.165) is 29.9 Å². The van der Waals surface area contributed by atoms with Crippen LogP contribution in [-0.2, 0) is 26.9 Å². The number of rotatable bonds is 7. The summed E-state index contributed by atoms with van der Waals surface area (Å²) in [6.07, 6.45) is 0.491. The van der Waals surface area contributed by atoms with E-state index in [0.29, 0.717) is 6.54 Å². The van der Waals surface area contributed by atoms with E-state index in [1.165, 1.54) is 5.69 Å². The zero-order valence-corrected chi connectivity index (χ0v) is 18.6. The summed E-state index contributed by atoms with van der Waals surface area (Å²) in [6, 6.07) is 16.3. The van der Waals surface area contributed by atoms with Crippen molar-refractivity contribution in [2.24, 2.45) is 0 Å². The van der Waals surface area contributed by atoms with Gasteiger partial charge in [-0.3, -0.25) is 0 Å². The van der Waals surface area contributed by atoms with Gasteiger partial charge in [0.15, 0.2) is 9.84 Å². The van der Waals surface area contributed by atoms with Crippen LogP contribution in [0.4, 0.5) is 11.4 Å². The maximum absolute atomic E-state index is 12.1. The molecule has 2 aromatic rings. The monoisotopic (exact) mass is 416 g/mol. The molecule has 1 aliphatic heterocycles. The summed E-state index contributed by atoms with van der Waals surface area (Å²) >= 11 is 0. The first-order valence-corrected chi connectivity index (χ1v) is 12.0. The highest BCUT2D eigenvalue weighted by atomic mass is 32.2. The molecule has 0 aliphatic carbocycles. The second-order valence-corrected chi connectivity index (χ2v) is 10.8. The lowest BCUT2D eigenvalue weighted by atomic mass is 10.1. The molecule has 0 amide bonds. The van der Waals surface area contributed by atoms with Gasteiger partial charge in [-0.15, -0.1) is 0 Å². The van der Waals surface area contributed by atoms with Crippen LogP contribution in [0.5, 0.6) is 0 Å². The Hall–Kier alpha value is -2.05.